The molecule has 1 heterocycles. The number of anilines is 1. The Morgan fingerprint density at radius 1 is 1.57 bits per heavy atom. The fourth-order valence-electron chi connectivity index (χ4n) is 1.27. The second kappa shape index (κ2) is 5.32. The molecule has 0 saturated carbocycles. The van der Waals surface area contributed by atoms with E-state index in [0.29, 0.717) is 6.61 Å². The van der Waals surface area contributed by atoms with Crippen molar-refractivity contribution in [2.75, 3.05) is 32.2 Å². The van der Waals surface area contributed by atoms with Gasteiger partial charge in [-0.15, -0.1) is 0 Å². The predicted octanol–water partition coefficient (Wildman–Crippen LogP) is 2.24. The SMILES string of the molecule is COCCN(C)c1ncc(Br)cc1C. The molecule has 0 unspecified atom stereocenters. The molecule has 0 amide bonds. The second-order valence-corrected chi connectivity index (χ2v) is 4.12. The van der Waals surface area contributed by atoms with Gasteiger partial charge in [-0.05, 0) is 34.5 Å². The maximum atomic E-state index is 5.02. The summed E-state index contributed by atoms with van der Waals surface area (Å²) < 4.78 is 6.03. The molecule has 1 aromatic heterocycles. The Morgan fingerprint density at radius 3 is 2.86 bits per heavy atom. The Bertz CT molecular complexity index is 304. The summed E-state index contributed by atoms with van der Waals surface area (Å²) in [5, 5.41) is 0. The van der Waals surface area contributed by atoms with Crippen LogP contribution in [0.1, 0.15) is 5.56 Å². The normalized spacial score (nSPS) is 10.3. The van der Waals surface area contributed by atoms with Gasteiger partial charge in [0.1, 0.15) is 5.82 Å². The number of hydrogen-bond acceptors (Lipinski definition) is 3. The topological polar surface area (TPSA) is 25.4 Å². The maximum absolute atomic E-state index is 5.02. The van der Waals surface area contributed by atoms with E-state index in [-0.39, 0.29) is 0 Å². The highest BCUT2D eigenvalue weighted by molar-refractivity contribution is 9.10. The van der Waals surface area contributed by atoms with Crippen molar-refractivity contribution >= 4 is 21.7 Å². The van der Waals surface area contributed by atoms with Gasteiger partial charge in [0.25, 0.3) is 0 Å². The average molecular weight is 259 g/mol. The first kappa shape index (κ1) is 11.5. The van der Waals surface area contributed by atoms with E-state index >= 15 is 0 Å². The van der Waals surface area contributed by atoms with Crippen LogP contribution in [-0.4, -0.2) is 32.3 Å². The fourth-order valence-corrected chi connectivity index (χ4v) is 1.71. The molecule has 0 spiro atoms. The molecule has 3 nitrogen and oxygen atoms in total. The van der Waals surface area contributed by atoms with Crippen LogP contribution >= 0.6 is 15.9 Å². The number of aromatic nitrogens is 1. The average Bonchev–Trinajstić information content (AvgIpc) is 2.14. The van der Waals surface area contributed by atoms with Crippen molar-refractivity contribution in [3.63, 3.8) is 0 Å². The summed E-state index contributed by atoms with van der Waals surface area (Å²) in [6.07, 6.45) is 1.81. The van der Waals surface area contributed by atoms with E-state index in [4.69, 9.17) is 4.74 Å². The standard InChI is InChI=1S/C10H15BrN2O/c1-8-6-9(11)7-12-10(8)13(2)4-5-14-3/h6-7H,4-5H2,1-3H3. The number of pyridine rings is 1. The fraction of sp³-hybridized carbons (Fsp3) is 0.500. The molecule has 0 N–H and O–H groups in total. The summed E-state index contributed by atoms with van der Waals surface area (Å²) in [4.78, 5) is 6.44. The minimum atomic E-state index is 0.716. The Labute approximate surface area is 93.2 Å². The van der Waals surface area contributed by atoms with Gasteiger partial charge in [0.2, 0.25) is 0 Å². The number of rotatable bonds is 4. The Morgan fingerprint density at radius 2 is 2.29 bits per heavy atom. The summed E-state index contributed by atoms with van der Waals surface area (Å²) >= 11 is 3.39. The summed E-state index contributed by atoms with van der Waals surface area (Å²) in [5.41, 5.74) is 1.16. The Balaban J connectivity index is 2.74. The molecule has 0 aliphatic heterocycles. The third-order valence-corrected chi connectivity index (χ3v) is 2.44. The zero-order valence-electron chi connectivity index (χ0n) is 8.75. The van der Waals surface area contributed by atoms with Crippen molar-refractivity contribution < 1.29 is 4.74 Å². The van der Waals surface area contributed by atoms with E-state index in [9.17, 15) is 0 Å². The highest BCUT2D eigenvalue weighted by Gasteiger charge is 2.05. The molecule has 1 rings (SSSR count). The summed E-state index contributed by atoms with van der Waals surface area (Å²) in [6.45, 7) is 3.62. The molecular formula is C10H15BrN2O. The molecule has 4 heteroatoms. The molecule has 0 fully saturated rings. The number of nitrogens with zero attached hydrogens (tertiary/aromatic N) is 2. The first-order valence-electron chi connectivity index (χ1n) is 4.47. The molecule has 78 valence electrons. The quantitative estimate of drug-likeness (QED) is 0.829. The molecule has 0 aromatic carbocycles. The number of aryl methyl sites for hydroxylation is 1. The molecule has 0 atom stereocenters. The van der Waals surface area contributed by atoms with Crippen molar-refractivity contribution in [1.82, 2.24) is 4.98 Å². The van der Waals surface area contributed by atoms with Crippen molar-refractivity contribution in [2.45, 2.75) is 6.92 Å². The van der Waals surface area contributed by atoms with Gasteiger partial charge >= 0.3 is 0 Å². The van der Waals surface area contributed by atoms with E-state index < -0.39 is 0 Å². The molecular weight excluding hydrogens is 244 g/mol. The smallest absolute Gasteiger partial charge is 0.131 e. The third kappa shape index (κ3) is 2.96. The van der Waals surface area contributed by atoms with Gasteiger partial charge in [0.15, 0.2) is 0 Å². The van der Waals surface area contributed by atoms with Gasteiger partial charge < -0.3 is 9.64 Å². The summed E-state index contributed by atoms with van der Waals surface area (Å²) in [5.74, 6) is 1.00. The van der Waals surface area contributed by atoms with Crippen LogP contribution < -0.4 is 4.90 Å². The van der Waals surface area contributed by atoms with Crippen molar-refractivity contribution in [3.8, 4) is 0 Å². The van der Waals surface area contributed by atoms with Gasteiger partial charge in [-0.2, -0.15) is 0 Å². The van der Waals surface area contributed by atoms with Crippen molar-refractivity contribution in [2.24, 2.45) is 0 Å². The van der Waals surface area contributed by atoms with Crippen LogP contribution in [0.15, 0.2) is 16.7 Å². The third-order valence-electron chi connectivity index (χ3n) is 2.01. The van der Waals surface area contributed by atoms with E-state index in [1.54, 1.807) is 7.11 Å². The summed E-state index contributed by atoms with van der Waals surface area (Å²) in [6, 6.07) is 2.06. The molecule has 14 heavy (non-hydrogen) atoms. The monoisotopic (exact) mass is 258 g/mol. The van der Waals surface area contributed by atoms with E-state index in [0.717, 1.165) is 22.4 Å². The first-order chi connectivity index (χ1) is 6.65. The van der Waals surface area contributed by atoms with Crippen LogP contribution in [-0.2, 0) is 4.74 Å². The summed E-state index contributed by atoms with van der Waals surface area (Å²) in [7, 11) is 3.72. The molecule has 1 aromatic rings. The molecule has 0 aliphatic carbocycles. The maximum Gasteiger partial charge on any atom is 0.131 e. The minimum absolute atomic E-state index is 0.716. The number of likely N-dealkylation sites (N-methyl/N-ethyl adjacent to an activating group) is 1. The van der Waals surface area contributed by atoms with E-state index in [1.165, 1.54) is 0 Å². The lowest BCUT2D eigenvalue weighted by Crippen LogP contribution is -2.23. The van der Waals surface area contributed by atoms with E-state index in [1.807, 2.05) is 13.2 Å². The van der Waals surface area contributed by atoms with Crippen molar-refractivity contribution in [1.29, 1.82) is 0 Å². The largest absolute Gasteiger partial charge is 0.383 e. The Hall–Kier alpha value is -0.610. The van der Waals surface area contributed by atoms with Crippen LogP contribution in [0.5, 0.6) is 0 Å². The lowest BCUT2D eigenvalue weighted by molar-refractivity contribution is 0.206. The number of hydrogen-bond donors (Lipinski definition) is 0. The van der Waals surface area contributed by atoms with Crippen LogP contribution in [0.3, 0.4) is 0 Å². The second-order valence-electron chi connectivity index (χ2n) is 3.21. The van der Waals surface area contributed by atoms with Crippen LogP contribution in [0, 0.1) is 6.92 Å². The zero-order valence-corrected chi connectivity index (χ0v) is 10.3. The lowest BCUT2D eigenvalue weighted by atomic mass is 10.3. The van der Waals surface area contributed by atoms with Gasteiger partial charge in [-0.25, -0.2) is 4.98 Å². The molecule has 0 aliphatic rings. The van der Waals surface area contributed by atoms with E-state index in [2.05, 4.69) is 38.8 Å². The predicted molar refractivity (Wildman–Crippen MR) is 61.8 cm³/mol. The molecule has 0 saturated heterocycles. The molecule has 0 radical (unpaired) electrons. The number of halogens is 1. The van der Waals surface area contributed by atoms with Gasteiger partial charge in [0, 0.05) is 31.4 Å². The highest BCUT2D eigenvalue weighted by atomic mass is 79.9. The number of methoxy groups -OCH3 is 1. The first-order valence-corrected chi connectivity index (χ1v) is 5.26. The van der Waals surface area contributed by atoms with Gasteiger partial charge in [-0.3, -0.25) is 0 Å². The van der Waals surface area contributed by atoms with Crippen LogP contribution in [0.4, 0.5) is 5.82 Å². The Kier molecular flexibility index (Phi) is 4.35. The highest BCUT2D eigenvalue weighted by Crippen LogP contribution is 2.19. The van der Waals surface area contributed by atoms with Crippen molar-refractivity contribution in [3.05, 3.63) is 22.3 Å². The zero-order chi connectivity index (χ0) is 10.6. The number of ether oxygens (including phenoxy) is 1. The minimum Gasteiger partial charge on any atom is -0.383 e. The van der Waals surface area contributed by atoms with Crippen LogP contribution in [0.2, 0.25) is 0 Å². The van der Waals surface area contributed by atoms with Gasteiger partial charge in [0.05, 0.1) is 6.61 Å². The van der Waals surface area contributed by atoms with Crippen LogP contribution in [0.25, 0.3) is 0 Å². The molecule has 0 bridgehead atoms. The van der Waals surface area contributed by atoms with Gasteiger partial charge in [-0.1, -0.05) is 0 Å². The lowest BCUT2D eigenvalue weighted by Gasteiger charge is -2.19.